The highest BCUT2D eigenvalue weighted by Crippen LogP contribution is 2.28. The highest BCUT2D eigenvalue weighted by molar-refractivity contribution is 6.20. The van der Waals surface area contributed by atoms with Crippen molar-refractivity contribution in [3.8, 4) is 5.75 Å². The molecule has 0 fully saturated rings. The van der Waals surface area contributed by atoms with Crippen molar-refractivity contribution in [2.45, 2.75) is 11.8 Å². The van der Waals surface area contributed by atoms with Crippen LogP contribution in [-0.2, 0) is 6.42 Å². The molecule has 0 bridgehead atoms. The van der Waals surface area contributed by atoms with Crippen LogP contribution in [0.4, 0.5) is 8.78 Å². The molecule has 2 aromatic rings. The maximum absolute atomic E-state index is 13.5. The predicted molar refractivity (Wildman–Crippen MR) is 71.7 cm³/mol. The van der Waals surface area contributed by atoms with E-state index in [1.807, 2.05) is 12.1 Å². The van der Waals surface area contributed by atoms with Crippen molar-refractivity contribution in [1.29, 1.82) is 0 Å². The van der Waals surface area contributed by atoms with E-state index in [4.69, 9.17) is 16.3 Å². The van der Waals surface area contributed by atoms with Crippen LogP contribution in [0.3, 0.4) is 0 Å². The summed E-state index contributed by atoms with van der Waals surface area (Å²) in [5.41, 5.74) is 1.11. The Labute approximate surface area is 115 Å². The topological polar surface area (TPSA) is 9.23 Å². The number of benzene rings is 2. The summed E-state index contributed by atoms with van der Waals surface area (Å²) in [6.07, 6.45) is 0.234. The second-order valence-corrected chi connectivity index (χ2v) is 4.68. The maximum Gasteiger partial charge on any atom is 0.162 e. The van der Waals surface area contributed by atoms with Crippen molar-refractivity contribution < 1.29 is 13.5 Å². The van der Waals surface area contributed by atoms with Gasteiger partial charge in [0.05, 0.1) is 12.5 Å². The number of rotatable bonds is 4. The second-order valence-electron chi connectivity index (χ2n) is 4.16. The first kappa shape index (κ1) is 13.8. The number of alkyl halides is 1. The highest BCUT2D eigenvalue weighted by atomic mass is 35.5. The normalized spacial score (nSPS) is 12.2. The highest BCUT2D eigenvalue weighted by Gasteiger charge is 2.14. The average molecular weight is 283 g/mol. The molecule has 0 saturated carbocycles. The lowest BCUT2D eigenvalue weighted by atomic mass is 10.0. The van der Waals surface area contributed by atoms with Gasteiger partial charge >= 0.3 is 0 Å². The van der Waals surface area contributed by atoms with Crippen LogP contribution in [0.25, 0.3) is 0 Å². The van der Waals surface area contributed by atoms with Crippen LogP contribution in [0.2, 0.25) is 0 Å². The minimum absolute atomic E-state index is 0.234. The van der Waals surface area contributed by atoms with Gasteiger partial charge in [-0.15, -0.1) is 11.6 Å². The third kappa shape index (κ3) is 3.24. The molecule has 0 heterocycles. The molecule has 0 radical (unpaired) electrons. The van der Waals surface area contributed by atoms with E-state index >= 15 is 0 Å². The molecule has 0 amide bonds. The first-order valence-corrected chi connectivity index (χ1v) is 6.26. The fourth-order valence-corrected chi connectivity index (χ4v) is 2.14. The molecule has 0 aromatic heterocycles. The van der Waals surface area contributed by atoms with E-state index < -0.39 is 17.0 Å². The summed E-state index contributed by atoms with van der Waals surface area (Å²) in [4.78, 5) is 0. The van der Waals surface area contributed by atoms with Crippen molar-refractivity contribution in [2.24, 2.45) is 0 Å². The van der Waals surface area contributed by atoms with Crippen LogP contribution in [-0.4, -0.2) is 7.11 Å². The van der Waals surface area contributed by atoms with E-state index in [-0.39, 0.29) is 12.0 Å². The van der Waals surface area contributed by atoms with E-state index in [2.05, 4.69) is 0 Å². The smallest absolute Gasteiger partial charge is 0.162 e. The summed E-state index contributed by atoms with van der Waals surface area (Å²) >= 11 is 6.23. The number of halogens is 3. The first-order chi connectivity index (χ1) is 9.11. The van der Waals surface area contributed by atoms with Crippen LogP contribution in [0, 0.1) is 11.6 Å². The molecule has 0 aliphatic carbocycles. The zero-order valence-corrected chi connectivity index (χ0v) is 11.1. The van der Waals surface area contributed by atoms with E-state index in [0.29, 0.717) is 0 Å². The third-order valence-electron chi connectivity index (χ3n) is 2.91. The Morgan fingerprint density at radius 1 is 1.11 bits per heavy atom. The lowest BCUT2D eigenvalue weighted by Gasteiger charge is -2.11. The van der Waals surface area contributed by atoms with Crippen molar-refractivity contribution in [2.75, 3.05) is 7.11 Å². The largest absolute Gasteiger partial charge is 0.497 e. The van der Waals surface area contributed by atoms with Crippen LogP contribution in [0.1, 0.15) is 16.5 Å². The molecule has 1 unspecified atom stereocenters. The van der Waals surface area contributed by atoms with Crippen molar-refractivity contribution in [1.82, 2.24) is 0 Å². The molecular weight excluding hydrogens is 270 g/mol. The lowest BCUT2D eigenvalue weighted by molar-refractivity contribution is 0.414. The Hall–Kier alpha value is -1.61. The molecule has 0 spiro atoms. The third-order valence-corrected chi connectivity index (χ3v) is 3.31. The molecule has 0 N–H and O–H groups in total. The Bertz CT molecular complexity index is 555. The van der Waals surface area contributed by atoms with Crippen LogP contribution < -0.4 is 4.74 Å². The van der Waals surface area contributed by atoms with Crippen LogP contribution in [0.5, 0.6) is 5.75 Å². The fraction of sp³-hybridized carbons (Fsp3) is 0.200. The van der Waals surface area contributed by atoms with E-state index in [1.54, 1.807) is 19.2 Å². The molecule has 100 valence electrons. The van der Waals surface area contributed by atoms with Gasteiger partial charge in [-0.25, -0.2) is 8.78 Å². The standard InChI is InChI=1S/C15H13ClF2O/c1-19-12-7-5-10(6-8-12)13(16)9-11-3-2-4-14(17)15(11)18/h2-8,13H,9H2,1H3. The van der Waals surface area contributed by atoms with Gasteiger partial charge in [-0.1, -0.05) is 24.3 Å². The van der Waals surface area contributed by atoms with Gasteiger partial charge in [-0.3, -0.25) is 0 Å². The van der Waals surface area contributed by atoms with E-state index in [0.717, 1.165) is 17.4 Å². The number of hydrogen-bond acceptors (Lipinski definition) is 1. The van der Waals surface area contributed by atoms with Crippen LogP contribution >= 0.6 is 11.6 Å². The van der Waals surface area contributed by atoms with Gasteiger partial charge < -0.3 is 4.74 Å². The van der Waals surface area contributed by atoms with Crippen molar-refractivity contribution in [3.05, 3.63) is 65.2 Å². The SMILES string of the molecule is COc1ccc(C(Cl)Cc2cccc(F)c2F)cc1. The van der Waals surface area contributed by atoms with Gasteiger partial charge in [0.15, 0.2) is 11.6 Å². The number of ether oxygens (including phenoxy) is 1. The zero-order valence-electron chi connectivity index (χ0n) is 10.4. The molecule has 2 rings (SSSR count). The van der Waals surface area contributed by atoms with E-state index in [9.17, 15) is 8.78 Å². The summed E-state index contributed by atoms with van der Waals surface area (Å²) in [6, 6.07) is 11.3. The van der Waals surface area contributed by atoms with Crippen molar-refractivity contribution >= 4 is 11.6 Å². The minimum Gasteiger partial charge on any atom is -0.497 e. The summed E-state index contributed by atoms with van der Waals surface area (Å²) in [6.45, 7) is 0. The molecule has 0 aliphatic heterocycles. The van der Waals surface area contributed by atoms with Crippen LogP contribution in [0.15, 0.2) is 42.5 Å². The van der Waals surface area contributed by atoms with Gasteiger partial charge in [-0.05, 0) is 35.7 Å². The Balaban J connectivity index is 2.15. The molecular formula is C15H13ClF2O. The number of methoxy groups -OCH3 is 1. The van der Waals surface area contributed by atoms with Gasteiger partial charge in [0.2, 0.25) is 0 Å². The Morgan fingerprint density at radius 3 is 2.42 bits per heavy atom. The molecule has 0 saturated heterocycles. The Kier molecular flexibility index (Phi) is 4.38. The summed E-state index contributed by atoms with van der Waals surface area (Å²) in [5, 5.41) is -0.415. The molecule has 1 nitrogen and oxygen atoms in total. The zero-order chi connectivity index (χ0) is 13.8. The monoisotopic (exact) mass is 282 g/mol. The summed E-state index contributed by atoms with van der Waals surface area (Å²) in [7, 11) is 1.58. The average Bonchev–Trinajstić information content (AvgIpc) is 2.44. The van der Waals surface area contributed by atoms with Gasteiger partial charge in [0.1, 0.15) is 5.75 Å². The molecule has 4 heteroatoms. The Morgan fingerprint density at radius 2 is 1.79 bits per heavy atom. The van der Waals surface area contributed by atoms with Gasteiger partial charge in [-0.2, -0.15) is 0 Å². The van der Waals surface area contributed by atoms with Gasteiger partial charge in [0.25, 0.3) is 0 Å². The molecule has 2 aromatic carbocycles. The molecule has 0 aliphatic rings. The molecule has 19 heavy (non-hydrogen) atoms. The fourth-order valence-electron chi connectivity index (χ4n) is 1.83. The summed E-state index contributed by atoms with van der Waals surface area (Å²) in [5.74, 6) is -0.956. The molecule has 1 atom stereocenters. The summed E-state index contributed by atoms with van der Waals surface area (Å²) < 4.78 is 31.7. The van der Waals surface area contributed by atoms with E-state index in [1.165, 1.54) is 12.1 Å². The van der Waals surface area contributed by atoms with Crippen molar-refractivity contribution in [3.63, 3.8) is 0 Å². The second kappa shape index (κ2) is 6.02. The van der Waals surface area contributed by atoms with Gasteiger partial charge in [0, 0.05) is 0 Å². The first-order valence-electron chi connectivity index (χ1n) is 5.82. The predicted octanol–water partition coefficient (Wildman–Crippen LogP) is 4.50. The number of hydrogen-bond donors (Lipinski definition) is 0. The minimum atomic E-state index is -0.851. The lowest BCUT2D eigenvalue weighted by Crippen LogP contribution is -2.00. The quantitative estimate of drug-likeness (QED) is 0.751. The maximum atomic E-state index is 13.5.